The van der Waals surface area contributed by atoms with Gasteiger partial charge in [0, 0.05) is 20.2 Å². The molecule has 0 spiro atoms. The number of benzene rings is 2. The number of hydrogen-bond acceptors (Lipinski definition) is 4. The van der Waals surface area contributed by atoms with E-state index in [9.17, 15) is 0 Å². The Morgan fingerprint density at radius 2 is 1.83 bits per heavy atom. The molecule has 0 aliphatic rings. The van der Waals surface area contributed by atoms with Crippen LogP contribution in [-0.4, -0.2) is 27.4 Å². The monoisotopic (exact) mass is 335 g/mol. The molecule has 0 unspecified atom stereocenters. The summed E-state index contributed by atoms with van der Waals surface area (Å²) in [5.74, 6) is 1.20. The van der Waals surface area contributed by atoms with Crippen molar-refractivity contribution in [1.82, 2.24) is 5.32 Å². The Labute approximate surface area is 142 Å². The van der Waals surface area contributed by atoms with Crippen LogP contribution in [0.25, 0.3) is 0 Å². The molecule has 1 N–H and O–H groups in total. The van der Waals surface area contributed by atoms with Crippen LogP contribution in [-0.2, 0) is 17.9 Å². The molecule has 4 nitrogen and oxygen atoms in total. The SMILES string of the molecule is COCCNCc1cc(Cl)c(OCc2ccccc2)c(OC)c1. The highest BCUT2D eigenvalue weighted by atomic mass is 35.5. The van der Waals surface area contributed by atoms with Gasteiger partial charge in [-0.3, -0.25) is 0 Å². The van der Waals surface area contributed by atoms with Crippen LogP contribution < -0.4 is 14.8 Å². The molecule has 0 radical (unpaired) electrons. The lowest BCUT2D eigenvalue weighted by Crippen LogP contribution is -2.18. The van der Waals surface area contributed by atoms with Gasteiger partial charge in [-0.2, -0.15) is 0 Å². The van der Waals surface area contributed by atoms with Gasteiger partial charge in [-0.15, -0.1) is 0 Å². The Morgan fingerprint density at radius 1 is 1.04 bits per heavy atom. The summed E-state index contributed by atoms with van der Waals surface area (Å²) in [6.45, 7) is 2.59. The smallest absolute Gasteiger partial charge is 0.180 e. The maximum Gasteiger partial charge on any atom is 0.180 e. The van der Waals surface area contributed by atoms with E-state index in [1.165, 1.54) is 0 Å². The molecular weight excluding hydrogens is 314 g/mol. The summed E-state index contributed by atoms with van der Waals surface area (Å²) in [7, 11) is 3.30. The number of halogens is 1. The third kappa shape index (κ3) is 5.43. The predicted molar refractivity (Wildman–Crippen MR) is 92.4 cm³/mol. The van der Waals surface area contributed by atoms with Crippen LogP contribution in [0.1, 0.15) is 11.1 Å². The summed E-state index contributed by atoms with van der Waals surface area (Å²) >= 11 is 6.36. The first-order valence-electron chi connectivity index (χ1n) is 7.47. The van der Waals surface area contributed by atoms with Crippen LogP contribution in [0.5, 0.6) is 11.5 Å². The standard InChI is InChI=1S/C18H22ClNO3/c1-21-9-8-20-12-15-10-16(19)18(17(11-15)22-2)23-13-14-6-4-3-5-7-14/h3-7,10-11,20H,8-9,12-13H2,1-2H3. The lowest BCUT2D eigenvalue weighted by Gasteiger charge is -2.14. The maximum absolute atomic E-state index is 6.36. The van der Waals surface area contributed by atoms with Crippen LogP contribution >= 0.6 is 11.6 Å². The molecule has 2 rings (SSSR count). The predicted octanol–water partition coefficient (Wildman–Crippen LogP) is 3.66. The van der Waals surface area contributed by atoms with Crippen molar-refractivity contribution in [3.63, 3.8) is 0 Å². The van der Waals surface area contributed by atoms with Crippen molar-refractivity contribution in [2.45, 2.75) is 13.2 Å². The summed E-state index contributed by atoms with van der Waals surface area (Å²) in [6, 6.07) is 13.8. The molecule has 0 aromatic heterocycles. The topological polar surface area (TPSA) is 39.7 Å². The molecule has 124 valence electrons. The molecule has 5 heteroatoms. The van der Waals surface area contributed by atoms with E-state index in [4.69, 9.17) is 25.8 Å². The largest absolute Gasteiger partial charge is 0.493 e. The van der Waals surface area contributed by atoms with Crippen molar-refractivity contribution < 1.29 is 14.2 Å². The molecule has 0 atom stereocenters. The lowest BCUT2D eigenvalue weighted by molar-refractivity contribution is 0.199. The van der Waals surface area contributed by atoms with Crippen LogP contribution in [0.3, 0.4) is 0 Å². The average molecular weight is 336 g/mol. The zero-order valence-corrected chi connectivity index (χ0v) is 14.2. The van der Waals surface area contributed by atoms with E-state index in [0.717, 1.165) is 17.7 Å². The molecule has 2 aromatic rings. The van der Waals surface area contributed by atoms with Crippen molar-refractivity contribution in [1.29, 1.82) is 0 Å². The van der Waals surface area contributed by atoms with Gasteiger partial charge in [0.05, 0.1) is 18.7 Å². The number of ether oxygens (including phenoxy) is 3. The maximum atomic E-state index is 6.36. The van der Waals surface area contributed by atoms with E-state index in [-0.39, 0.29) is 0 Å². The quantitative estimate of drug-likeness (QED) is 0.710. The van der Waals surface area contributed by atoms with Gasteiger partial charge in [0.1, 0.15) is 6.61 Å². The van der Waals surface area contributed by atoms with Gasteiger partial charge in [-0.05, 0) is 23.3 Å². The van der Waals surface area contributed by atoms with E-state index >= 15 is 0 Å². The minimum absolute atomic E-state index is 0.447. The van der Waals surface area contributed by atoms with Crippen LogP contribution in [0.15, 0.2) is 42.5 Å². The summed E-state index contributed by atoms with van der Waals surface area (Å²) < 4.78 is 16.3. The van der Waals surface area contributed by atoms with Crippen molar-refractivity contribution in [2.24, 2.45) is 0 Å². The number of rotatable bonds is 9. The van der Waals surface area contributed by atoms with E-state index < -0.39 is 0 Å². The third-order valence-electron chi connectivity index (χ3n) is 3.33. The van der Waals surface area contributed by atoms with Gasteiger partial charge >= 0.3 is 0 Å². The first-order valence-corrected chi connectivity index (χ1v) is 7.85. The van der Waals surface area contributed by atoms with E-state index in [1.54, 1.807) is 14.2 Å². The van der Waals surface area contributed by atoms with Crippen LogP contribution in [0, 0.1) is 0 Å². The number of hydrogen-bond donors (Lipinski definition) is 1. The molecule has 0 aliphatic carbocycles. The minimum atomic E-state index is 0.447. The van der Waals surface area contributed by atoms with Gasteiger partial charge in [0.15, 0.2) is 11.5 Å². The van der Waals surface area contributed by atoms with E-state index in [0.29, 0.717) is 36.3 Å². The minimum Gasteiger partial charge on any atom is -0.493 e. The van der Waals surface area contributed by atoms with Crippen molar-refractivity contribution in [3.05, 3.63) is 58.6 Å². The van der Waals surface area contributed by atoms with Gasteiger partial charge in [0.25, 0.3) is 0 Å². The van der Waals surface area contributed by atoms with Crippen molar-refractivity contribution in [3.8, 4) is 11.5 Å². The first kappa shape index (κ1) is 17.6. The van der Waals surface area contributed by atoms with Crippen molar-refractivity contribution in [2.75, 3.05) is 27.4 Å². The molecule has 0 saturated heterocycles. The Kier molecular flexibility index (Phi) is 7.20. The summed E-state index contributed by atoms with van der Waals surface area (Å²) in [5.41, 5.74) is 2.12. The molecule has 0 aliphatic heterocycles. The molecule has 0 amide bonds. The van der Waals surface area contributed by atoms with Crippen LogP contribution in [0.4, 0.5) is 0 Å². The highest BCUT2D eigenvalue weighted by Crippen LogP contribution is 2.36. The molecule has 0 fully saturated rings. The van der Waals surface area contributed by atoms with Crippen molar-refractivity contribution >= 4 is 11.6 Å². The Hall–Kier alpha value is -1.75. The van der Waals surface area contributed by atoms with Gasteiger partial charge in [0.2, 0.25) is 0 Å². The highest BCUT2D eigenvalue weighted by Gasteiger charge is 2.12. The second kappa shape index (κ2) is 9.40. The molecule has 0 heterocycles. The Bertz CT molecular complexity index is 605. The second-order valence-corrected chi connectivity index (χ2v) is 5.46. The van der Waals surface area contributed by atoms with E-state index in [1.807, 2.05) is 42.5 Å². The molecule has 23 heavy (non-hydrogen) atoms. The molecular formula is C18H22ClNO3. The summed E-state index contributed by atoms with van der Waals surface area (Å²) in [6.07, 6.45) is 0. The fourth-order valence-corrected chi connectivity index (χ4v) is 2.44. The normalized spacial score (nSPS) is 10.6. The Balaban J connectivity index is 2.04. The van der Waals surface area contributed by atoms with E-state index in [2.05, 4.69) is 5.32 Å². The highest BCUT2D eigenvalue weighted by molar-refractivity contribution is 6.32. The van der Waals surface area contributed by atoms with Gasteiger partial charge in [-0.1, -0.05) is 41.9 Å². The third-order valence-corrected chi connectivity index (χ3v) is 3.61. The summed E-state index contributed by atoms with van der Waals surface area (Å²) in [5, 5.41) is 3.82. The summed E-state index contributed by atoms with van der Waals surface area (Å²) in [4.78, 5) is 0. The van der Waals surface area contributed by atoms with Gasteiger partial charge in [-0.25, -0.2) is 0 Å². The molecule has 0 bridgehead atoms. The Morgan fingerprint density at radius 3 is 2.52 bits per heavy atom. The van der Waals surface area contributed by atoms with Crippen LogP contribution in [0.2, 0.25) is 5.02 Å². The zero-order chi connectivity index (χ0) is 16.5. The molecule has 2 aromatic carbocycles. The lowest BCUT2D eigenvalue weighted by atomic mass is 10.2. The fourth-order valence-electron chi connectivity index (χ4n) is 2.15. The number of nitrogens with one attached hydrogen (secondary N) is 1. The second-order valence-electron chi connectivity index (χ2n) is 5.05. The molecule has 0 saturated carbocycles. The first-order chi connectivity index (χ1) is 11.2. The number of methoxy groups -OCH3 is 2. The fraction of sp³-hybridized carbons (Fsp3) is 0.333. The average Bonchev–Trinajstić information content (AvgIpc) is 2.58. The van der Waals surface area contributed by atoms with Gasteiger partial charge < -0.3 is 19.5 Å². The zero-order valence-electron chi connectivity index (χ0n) is 13.5.